The molecule has 0 spiro atoms. The highest BCUT2D eigenvalue weighted by Gasteiger charge is 2.38. The molecule has 0 atom stereocenters. The predicted octanol–water partition coefficient (Wildman–Crippen LogP) is 2.83. The van der Waals surface area contributed by atoms with E-state index in [9.17, 15) is 19.5 Å². The first-order valence-corrected chi connectivity index (χ1v) is 9.26. The van der Waals surface area contributed by atoms with Crippen LogP contribution in [0, 0.1) is 0 Å². The number of carboxylic acid groups (broad SMARTS) is 1. The molecule has 3 rings (SSSR count). The molecule has 28 heavy (non-hydrogen) atoms. The van der Waals surface area contributed by atoms with E-state index in [1.807, 2.05) is 12.1 Å². The Morgan fingerprint density at radius 3 is 2.46 bits per heavy atom. The van der Waals surface area contributed by atoms with Gasteiger partial charge in [0.1, 0.15) is 10.7 Å². The number of carbonyl (C=O) groups excluding carboxylic acids is 3. The lowest BCUT2D eigenvalue weighted by Gasteiger charge is -2.16. The van der Waals surface area contributed by atoms with Crippen molar-refractivity contribution >= 4 is 40.8 Å². The number of anilines is 2. The summed E-state index contributed by atoms with van der Waals surface area (Å²) in [6.45, 7) is 2.11. The van der Waals surface area contributed by atoms with E-state index in [1.165, 1.54) is 18.2 Å². The number of aryl methyl sites for hydroxylation is 1. The molecule has 0 radical (unpaired) electrons. The van der Waals surface area contributed by atoms with Crippen molar-refractivity contribution in [3.63, 3.8) is 0 Å². The van der Waals surface area contributed by atoms with Crippen molar-refractivity contribution in [2.45, 2.75) is 26.2 Å². The van der Waals surface area contributed by atoms with Crippen LogP contribution in [0.1, 0.15) is 35.7 Å². The minimum atomic E-state index is -1.35. The van der Waals surface area contributed by atoms with E-state index in [2.05, 4.69) is 12.2 Å². The third-order valence-electron chi connectivity index (χ3n) is 4.41. The molecule has 7 heteroatoms. The van der Waals surface area contributed by atoms with E-state index in [1.54, 1.807) is 18.2 Å². The molecule has 1 aliphatic rings. The van der Waals surface area contributed by atoms with E-state index < -0.39 is 17.8 Å². The second kappa shape index (κ2) is 8.27. The first-order valence-electron chi connectivity index (χ1n) is 8.88. The lowest BCUT2D eigenvalue weighted by atomic mass is 10.1. The van der Waals surface area contributed by atoms with E-state index in [-0.39, 0.29) is 16.3 Å². The SMILES string of the molecule is CCCCc1ccc(N2C(=O)C(Cl)=C(Nc3cccc(C(=O)[O-])c3)C2=O)cc1. The highest BCUT2D eigenvalue weighted by molar-refractivity contribution is 6.53. The third-order valence-corrected chi connectivity index (χ3v) is 4.76. The van der Waals surface area contributed by atoms with Gasteiger partial charge in [0.05, 0.1) is 11.7 Å². The maximum atomic E-state index is 12.8. The molecule has 2 aromatic carbocycles. The number of unbranched alkanes of at least 4 members (excludes halogenated alkanes) is 1. The van der Waals surface area contributed by atoms with Gasteiger partial charge in [-0.3, -0.25) is 9.59 Å². The van der Waals surface area contributed by atoms with E-state index in [0.717, 1.165) is 29.7 Å². The second-order valence-corrected chi connectivity index (χ2v) is 6.78. The molecule has 0 aromatic heterocycles. The minimum absolute atomic E-state index is 0.0574. The maximum absolute atomic E-state index is 12.8. The lowest BCUT2D eigenvalue weighted by molar-refractivity contribution is -0.255. The van der Waals surface area contributed by atoms with Gasteiger partial charge < -0.3 is 15.2 Å². The molecule has 1 N–H and O–H groups in total. The van der Waals surface area contributed by atoms with Gasteiger partial charge in [0, 0.05) is 5.69 Å². The Morgan fingerprint density at radius 2 is 1.82 bits per heavy atom. The summed E-state index contributed by atoms with van der Waals surface area (Å²) in [5.74, 6) is -2.58. The van der Waals surface area contributed by atoms with Crippen molar-refractivity contribution in [2.24, 2.45) is 0 Å². The van der Waals surface area contributed by atoms with Crippen molar-refractivity contribution in [2.75, 3.05) is 10.2 Å². The number of carboxylic acids is 1. The van der Waals surface area contributed by atoms with Gasteiger partial charge in [-0.15, -0.1) is 0 Å². The Bertz CT molecular complexity index is 967. The van der Waals surface area contributed by atoms with Crippen molar-refractivity contribution < 1.29 is 19.5 Å². The Balaban J connectivity index is 1.82. The fourth-order valence-electron chi connectivity index (χ4n) is 2.91. The number of imide groups is 1. The summed E-state index contributed by atoms with van der Waals surface area (Å²) < 4.78 is 0. The normalized spacial score (nSPS) is 14.0. The quantitative estimate of drug-likeness (QED) is 0.725. The number of carbonyl (C=O) groups is 3. The van der Waals surface area contributed by atoms with Gasteiger partial charge >= 0.3 is 0 Å². The van der Waals surface area contributed by atoms with Crippen LogP contribution in [0.25, 0.3) is 0 Å². The largest absolute Gasteiger partial charge is 0.545 e. The number of halogens is 1. The molecule has 0 saturated heterocycles. The maximum Gasteiger partial charge on any atom is 0.283 e. The van der Waals surface area contributed by atoms with Gasteiger partial charge in [0.2, 0.25) is 0 Å². The molecular formula is C21H18ClN2O4-. The van der Waals surface area contributed by atoms with Gasteiger partial charge in [-0.05, 0) is 48.2 Å². The number of amides is 2. The molecule has 2 amide bonds. The number of rotatable bonds is 7. The highest BCUT2D eigenvalue weighted by Crippen LogP contribution is 2.30. The smallest absolute Gasteiger partial charge is 0.283 e. The third kappa shape index (κ3) is 3.92. The fraction of sp³-hybridized carbons (Fsp3) is 0.190. The first-order chi connectivity index (χ1) is 13.4. The molecule has 0 bridgehead atoms. The number of hydrogen-bond donors (Lipinski definition) is 1. The Labute approximate surface area is 167 Å². The molecule has 1 aliphatic heterocycles. The van der Waals surface area contributed by atoms with Gasteiger partial charge in [0.25, 0.3) is 11.8 Å². The number of nitrogens with zero attached hydrogens (tertiary/aromatic N) is 1. The number of nitrogens with one attached hydrogen (secondary N) is 1. The summed E-state index contributed by atoms with van der Waals surface area (Å²) in [5.41, 5.74) is 1.71. The standard InChI is InChI=1S/C21H19ClN2O4/c1-2-3-5-13-8-10-16(11-9-13)24-19(25)17(22)18(20(24)26)23-15-7-4-6-14(12-15)21(27)28/h4,6-12,23H,2-3,5H2,1H3,(H,27,28)/p-1. The van der Waals surface area contributed by atoms with Crippen LogP contribution in [-0.4, -0.2) is 17.8 Å². The van der Waals surface area contributed by atoms with E-state index in [4.69, 9.17) is 11.6 Å². The van der Waals surface area contributed by atoms with E-state index >= 15 is 0 Å². The molecule has 6 nitrogen and oxygen atoms in total. The molecule has 0 unspecified atom stereocenters. The molecule has 1 heterocycles. The summed E-state index contributed by atoms with van der Waals surface area (Å²) in [6.07, 6.45) is 3.07. The van der Waals surface area contributed by atoms with Crippen LogP contribution in [0.4, 0.5) is 11.4 Å². The Morgan fingerprint density at radius 1 is 1.11 bits per heavy atom. The summed E-state index contributed by atoms with van der Waals surface area (Å²) in [4.78, 5) is 37.3. The van der Waals surface area contributed by atoms with Crippen LogP contribution in [0.5, 0.6) is 0 Å². The zero-order chi connectivity index (χ0) is 20.3. The van der Waals surface area contributed by atoms with Crippen LogP contribution >= 0.6 is 11.6 Å². The Hall–Kier alpha value is -3.12. The second-order valence-electron chi connectivity index (χ2n) is 6.40. The molecule has 0 saturated carbocycles. The molecule has 2 aromatic rings. The van der Waals surface area contributed by atoms with Crippen molar-refractivity contribution in [3.8, 4) is 0 Å². The fourth-order valence-corrected chi connectivity index (χ4v) is 3.12. The van der Waals surface area contributed by atoms with Crippen LogP contribution < -0.4 is 15.3 Å². The molecular weight excluding hydrogens is 380 g/mol. The Kier molecular flexibility index (Phi) is 5.80. The summed E-state index contributed by atoms with van der Waals surface area (Å²) in [7, 11) is 0. The minimum Gasteiger partial charge on any atom is -0.545 e. The highest BCUT2D eigenvalue weighted by atomic mass is 35.5. The lowest BCUT2D eigenvalue weighted by Crippen LogP contribution is -2.32. The van der Waals surface area contributed by atoms with Crippen LogP contribution in [0.15, 0.2) is 59.3 Å². The molecule has 0 aliphatic carbocycles. The van der Waals surface area contributed by atoms with Crippen molar-refractivity contribution in [1.29, 1.82) is 0 Å². The van der Waals surface area contributed by atoms with Crippen molar-refractivity contribution in [1.82, 2.24) is 0 Å². The van der Waals surface area contributed by atoms with Gasteiger partial charge in [-0.25, -0.2) is 4.90 Å². The van der Waals surface area contributed by atoms with Gasteiger partial charge in [-0.1, -0.05) is 49.2 Å². The number of benzene rings is 2. The summed E-state index contributed by atoms with van der Waals surface area (Å²) in [6, 6.07) is 12.9. The summed E-state index contributed by atoms with van der Waals surface area (Å²) in [5, 5.41) is 13.5. The zero-order valence-corrected chi connectivity index (χ0v) is 16.0. The summed E-state index contributed by atoms with van der Waals surface area (Å²) >= 11 is 6.10. The van der Waals surface area contributed by atoms with Gasteiger partial charge in [0.15, 0.2) is 0 Å². The molecule has 0 fully saturated rings. The average Bonchev–Trinajstić information content (AvgIpc) is 2.90. The van der Waals surface area contributed by atoms with Crippen LogP contribution in [-0.2, 0) is 16.0 Å². The first kappa shape index (κ1) is 19.6. The number of hydrogen-bond acceptors (Lipinski definition) is 5. The van der Waals surface area contributed by atoms with Crippen molar-refractivity contribution in [3.05, 3.63) is 70.4 Å². The predicted molar refractivity (Wildman–Crippen MR) is 105 cm³/mol. The average molecular weight is 398 g/mol. The monoisotopic (exact) mass is 397 g/mol. The topological polar surface area (TPSA) is 89.5 Å². The number of aromatic carboxylic acids is 1. The van der Waals surface area contributed by atoms with Crippen LogP contribution in [0.2, 0.25) is 0 Å². The van der Waals surface area contributed by atoms with Crippen LogP contribution in [0.3, 0.4) is 0 Å². The van der Waals surface area contributed by atoms with E-state index in [0.29, 0.717) is 11.4 Å². The molecule has 144 valence electrons. The van der Waals surface area contributed by atoms with Gasteiger partial charge in [-0.2, -0.15) is 0 Å². The zero-order valence-electron chi connectivity index (χ0n) is 15.2.